The summed E-state index contributed by atoms with van der Waals surface area (Å²) >= 11 is 0. The number of hydrogen-bond acceptors (Lipinski definition) is 5. The average Bonchev–Trinajstić information content (AvgIpc) is 3.39. The first-order valence-corrected chi connectivity index (χ1v) is 9.70. The summed E-state index contributed by atoms with van der Waals surface area (Å²) in [5, 5.41) is 6.29. The number of methoxy groups -OCH3 is 1. The second-order valence-electron chi connectivity index (χ2n) is 7.24. The fraction of sp³-hybridized carbons (Fsp3) is 0.650. The number of nitrogens with one attached hydrogen (secondary N) is 2. The molecule has 1 aromatic carbocycles. The highest BCUT2D eigenvalue weighted by Gasteiger charge is 2.33. The van der Waals surface area contributed by atoms with Crippen molar-refractivity contribution in [2.75, 3.05) is 39.9 Å². The number of rotatable bonds is 10. The quantitative estimate of drug-likeness (QED) is 0.665. The maximum absolute atomic E-state index is 11.5. The van der Waals surface area contributed by atoms with E-state index in [2.05, 4.69) is 15.5 Å². The Labute approximate surface area is 156 Å². The van der Waals surface area contributed by atoms with Crippen molar-refractivity contribution < 1.29 is 14.3 Å². The van der Waals surface area contributed by atoms with Gasteiger partial charge >= 0.3 is 0 Å². The molecule has 1 saturated carbocycles. The molecule has 0 spiro atoms. The van der Waals surface area contributed by atoms with Crippen LogP contribution in [0.2, 0.25) is 0 Å². The molecule has 6 nitrogen and oxygen atoms in total. The number of carbonyl (C=O) groups excluding carboxylic acids is 1. The first kappa shape index (κ1) is 19.0. The number of hydrogen-bond donors (Lipinski definition) is 2. The summed E-state index contributed by atoms with van der Waals surface area (Å²) in [5.74, 6) is 1.89. The van der Waals surface area contributed by atoms with Crippen molar-refractivity contribution >= 4 is 5.91 Å². The molecule has 1 unspecified atom stereocenters. The summed E-state index contributed by atoms with van der Waals surface area (Å²) in [7, 11) is 1.62. The third-order valence-corrected chi connectivity index (χ3v) is 5.10. The minimum absolute atomic E-state index is 0.000963. The van der Waals surface area contributed by atoms with E-state index in [0.717, 1.165) is 30.6 Å². The molecular formula is C20H31N3O3. The third kappa shape index (κ3) is 5.35. The molecule has 6 heteroatoms. The highest BCUT2D eigenvalue weighted by atomic mass is 16.5. The molecule has 1 aliphatic carbocycles. The van der Waals surface area contributed by atoms with Crippen LogP contribution in [0.25, 0.3) is 0 Å². The van der Waals surface area contributed by atoms with Crippen LogP contribution in [0.1, 0.15) is 31.7 Å². The molecule has 2 aliphatic rings. The average molecular weight is 361 g/mol. The van der Waals surface area contributed by atoms with E-state index in [1.165, 1.54) is 32.4 Å². The van der Waals surface area contributed by atoms with Crippen molar-refractivity contribution in [1.82, 2.24) is 15.5 Å². The monoisotopic (exact) mass is 361 g/mol. The van der Waals surface area contributed by atoms with Crippen molar-refractivity contribution in [1.29, 1.82) is 0 Å². The standard InChI is InChI=1S/C20H31N3O3/c1-3-22-20(24)14-26-18-7-4-15(10-19(18)25-2)11-21-12-16-8-9-23(13-16)17-5-6-17/h4,7,10,16-17,21H,3,5-6,8-9,11-14H2,1-2H3,(H,22,24). The zero-order valence-electron chi connectivity index (χ0n) is 15.9. The van der Waals surface area contributed by atoms with Gasteiger partial charge in [-0.3, -0.25) is 4.79 Å². The van der Waals surface area contributed by atoms with E-state index in [1.807, 2.05) is 25.1 Å². The van der Waals surface area contributed by atoms with Crippen LogP contribution < -0.4 is 20.1 Å². The zero-order chi connectivity index (χ0) is 18.4. The fourth-order valence-corrected chi connectivity index (χ4v) is 3.55. The van der Waals surface area contributed by atoms with E-state index in [4.69, 9.17) is 9.47 Å². The molecule has 1 saturated heterocycles. The minimum atomic E-state index is -0.128. The molecule has 1 heterocycles. The summed E-state index contributed by atoms with van der Waals surface area (Å²) in [6, 6.07) is 6.76. The molecule has 3 rings (SSSR count). The predicted molar refractivity (Wildman–Crippen MR) is 102 cm³/mol. The molecule has 2 N–H and O–H groups in total. The molecule has 2 fully saturated rings. The molecule has 1 amide bonds. The van der Waals surface area contributed by atoms with Crippen LogP contribution in [0.4, 0.5) is 0 Å². The maximum atomic E-state index is 11.5. The molecule has 0 radical (unpaired) electrons. The van der Waals surface area contributed by atoms with Crippen LogP contribution >= 0.6 is 0 Å². The van der Waals surface area contributed by atoms with E-state index in [9.17, 15) is 4.79 Å². The molecule has 0 aromatic heterocycles. The van der Waals surface area contributed by atoms with Gasteiger partial charge in [0.15, 0.2) is 18.1 Å². The van der Waals surface area contributed by atoms with Crippen LogP contribution in [0.5, 0.6) is 11.5 Å². The number of benzene rings is 1. The summed E-state index contributed by atoms with van der Waals surface area (Å²) in [5.41, 5.74) is 1.16. The van der Waals surface area contributed by atoms with Gasteiger partial charge in [0.25, 0.3) is 5.91 Å². The smallest absolute Gasteiger partial charge is 0.257 e. The number of nitrogens with zero attached hydrogens (tertiary/aromatic N) is 1. The van der Waals surface area contributed by atoms with Crippen molar-refractivity contribution in [3.8, 4) is 11.5 Å². The van der Waals surface area contributed by atoms with Crippen LogP contribution in [-0.2, 0) is 11.3 Å². The van der Waals surface area contributed by atoms with E-state index in [0.29, 0.717) is 18.0 Å². The van der Waals surface area contributed by atoms with Crippen LogP contribution in [0.3, 0.4) is 0 Å². The molecule has 0 bridgehead atoms. The highest BCUT2D eigenvalue weighted by molar-refractivity contribution is 5.77. The van der Waals surface area contributed by atoms with Gasteiger partial charge in [-0.2, -0.15) is 0 Å². The number of ether oxygens (including phenoxy) is 2. The fourth-order valence-electron chi connectivity index (χ4n) is 3.55. The molecule has 1 aromatic rings. The highest BCUT2D eigenvalue weighted by Crippen LogP contribution is 2.31. The number of amides is 1. The van der Waals surface area contributed by atoms with Crippen LogP contribution in [0, 0.1) is 5.92 Å². The SMILES string of the molecule is CCNC(=O)COc1ccc(CNCC2CCN(C3CC3)C2)cc1OC. The van der Waals surface area contributed by atoms with Gasteiger partial charge in [0.05, 0.1) is 7.11 Å². The number of likely N-dealkylation sites (tertiary alicyclic amines) is 1. The van der Waals surface area contributed by atoms with Gasteiger partial charge < -0.3 is 25.0 Å². The van der Waals surface area contributed by atoms with E-state index >= 15 is 0 Å². The van der Waals surface area contributed by atoms with Gasteiger partial charge in [-0.05, 0) is 62.9 Å². The Balaban J connectivity index is 1.43. The molecular weight excluding hydrogens is 330 g/mol. The van der Waals surface area contributed by atoms with E-state index < -0.39 is 0 Å². The number of likely N-dealkylation sites (N-methyl/N-ethyl adjacent to an activating group) is 1. The van der Waals surface area contributed by atoms with Gasteiger partial charge in [0.1, 0.15) is 0 Å². The normalized spacial score (nSPS) is 20.2. The van der Waals surface area contributed by atoms with Crippen molar-refractivity contribution in [2.45, 2.75) is 38.8 Å². The van der Waals surface area contributed by atoms with Gasteiger partial charge in [-0.15, -0.1) is 0 Å². The van der Waals surface area contributed by atoms with E-state index in [1.54, 1.807) is 7.11 Å². The summed E-state index contributed by atoms with van der Waals surface area (Å²) in [6.45, 7) is 6.86. The second-order valence-corrected chi connectivity index (χ2v) is 7.24. The Morgan fingerprint density at radius 1 is 1.27 bits per heavy atom. The topological polar surface area (TPSA) is 62.8 Å². The predicted octanol–water partition coefficient (Wildman–Crippen LogP) is 1.78. The Morgan fingerprint density at radius 3 is 2.85 bits per heavy atom. The van der Waals surface area contributed by atoms with Gasteiger partial charge in [-0.25, -0.2) is 0 Å². The van der Waals surface area contributed by atoms with Gasteiger partial charge in [-0.1, -0.05) is 6.07 Å². The third-order valence-electron chi connectivity index (χ3n) is 5.10. The Morgan fingerprint density at radius 2 is 2.12 bits per heavy atom. The summed E-state index contributed by atoms with van der Waals surface area (Å²) in [4.78, 5) is 14.2. The molecule has 26 heavy (non-hydrogen) atoms. The molecule has 144 valence electrons. The van der Waals surface area contributed by atoms with Crippen molar-refractivity contribution in [3.05, 3.63) is 23.8 Å². The van der Waals surface area contributed by atoms with Gasteiger partial charge in [0, 0.05) is 25.7 Å². The lowest BCUT2D eigenvalue weighted by atomic mass is 10.1. The van der Waals surface area contributed by atoms with Gasteiger partial charge in [0.2, 0.25) is 0 Å². The Bertz CT molecular complexity index is 604. The van der Waals surface area contributed by atoms with E-state index in [-0.39, 0.29) is 12.5 Å². The first-order valence-electron chi connectivity index (χ1n) is 9.70. The second kappa shape index (κ2) is 9.24. The Kier molecular flexibility index (Phi) is 6.74. The minimum Gasteiger partial charge on any atom is -0.493 e. The first-order chi connectivity index (χ1) is 12.7. The zero-order valence-corrected chi connectivity index (χ0v) is 15.9. The summed E-state index contributed by atoms with van der Waals surface area (Å²) < 4.78 is 11.0. The van der Waals surface area contributed by atoms with Crippen molar-refractivity contribution in [2.24, 2.45) is 5.92 Å². The lowest BCUT2D eigenvalue weighted by Crippen LogP contribution is -2.28. The maximum Gasteiger partial charge on any atom is 0.257 e. The van der Waals surface area contributed by atoms with Crippen LogP contribution in [-0.4, -0.2) is 56.7 Å². The van der Waals surface area contributed by atoms with Crippen LogP contribution in [0.15, 0.2) is 18.2 Å². The Hall–Kier alpha value is -1.79. The van der Waals surface area contributed by atoms with Crippen molar-refractivity contribution in [3.63, 3.8) is 0 Å². The largest absolute Gasteiger partial charge is 0.493 e. The lowest BCUT2D eigenvalue weighted by molar-refractivity contribution is -0.123. The summed E-state index contributed by atoms with van der Waals surface area (Å²) in [6.07, 6.45) is 4.10. The molecule has 1 atom stereocenters. The molecule has 1 aliphatic heterocycles. The number of carbonyl (C=O) groups is 1. The lowest BCUT2D eigenvalue weighted by Gasteiger charge is -2.16.